The number of anilines is 1. The second-order valence-corrected chi connectivity index (χ2v) is 4.49. The summed E-state index contributed by atoms with van der Waals surface area (Å²) in [4.78, 5) is 12.0. The van der Waals surface area contributed by atoms with E-state index in [-0.39, 0.29) is 16.3 Å². The van der Waals surface area contributed by atoms with Crippen molar-refractivity contribution in [2.45, 2.75) is 6.92 Å². The van der Waals surface area contributed by atoms with Gasteiger partial charge < -0.3 is 10.4 Å². The van der Waals surface area contributed by atoms with Crippen LogP contribution in [0.25, 0.3) is 0 Å². The molecule has 19 heavy (non-hydrogen) atoms. The highest BCUT2D eigenvalue weighted by Gasteiger charge is 2.11. The lowest BCUT2D eigenvalue weighted by Crippen LogP contribution is -2.12. The predicted molar refractivity (Wildman–Crippen MR) is 72.2 cm³/mol. The fourth-order valence-electron chi connectivity index (χ4n) is 1.61. The number of hydrogen-bond acceptors (Lipinski definition) is 2. The van der Waals surface area contributed by atoms with E-state index < -0.39 is 11.7 Å². The number of nitrogens with one attached hydrogen (secondary N) is 1. The minimum absolute atomic E-state index is 0.0491. The summed E-state index contributed by atoms with van der Waals surface area (Å²) in [5.74, 6) is -0.782. The van der Waals surface area contributed by atoms with Crippen LogP contribution >= 0.6 is 11.6 Å². The van der Waals surface area contributed by atoms with Gasteiger partial charge in [-0.3, -0.25) is 4.79 Å². The maximum absolute atomic E-state index is 12.9. The first-order valence-corrected chi connectivity index (χ1v) is 5.91. The number of aromatic hydroxyl groups is 1. The van der Waals surface area contributed by atoms with E-state index in [4.69, 9.17) is 11.6 Å². The molecule has 2 aromatic carbocycles. The van der Waals surface area contributed by atoms with Gasteiger partial charge in [-0.1, -0.05) is 11.6 Å². The van der Waals surface area contributed by atoms with Crippen LogP contribution in [-0.4, -0.2) is 11.0 Å². The van der Waals surface area contributed by atoms with E-state index in [0.29, 0.717) is 11.3 Å². The molecule has 0 bridgehead atoms. The van der Waals surface area contributed by atoms with Gasteiger partial charge in [0.05, 0.1) is 10.6 Å². The molecule has 0 saturated carbocycles. The van der Waals surface area contributed by atoms with Gasteiger partial charge in [0.15, 0.2) is 0 Å². The molecule has 1 amide bonds. The van der Waals surface area contributed by atoms with Crippen molar-refractivity contribution in [1.29, 1.82) is 0 Å². The molecule has 2 N–H and O–H groups in total. The van der Waals surface area contributed by atoms with Crippen molar-refractivity contribution in [2.75, 3.05) is 5.32 Å². The molecule has 0 aliphatic heterocycles. The van der Waals surface area contributed by atoms with Crippen LogP contribution in [0.2, 0.25) is 5.02 Å². The maximum Gasteiger partial charge on any atom is 0.257 e. The Labute approximate surface area is 114 Å². The molecule has 0 aliphatic rings. The third-order valence-electron chi connectivity index (χ3n) is 2.63. The van der Waals surface area contributed by atoms with Crippen molar-refractivity contribution in [2.24, 2.45) is 0 Å². The monoisotopic (exact) mass is 279 g/mol. The maximum atomic E-state index is 12.9. The van der Waals surface area contributed by atoms with E-state index in [1.807, 2.05) is 0 Å². The Morgan fingerprint density at radius 3 is 2.63 bits per heavy atom. The first-order chi connectivity index (χ1) is 8.97. The number of hydrogen-bond donors (Lipinski definition) is 2. The number of carbonyl (C=O) groups excluding carboxylic acids is 1. The van der Waals surface area contributed by atoms with Crippen LogP contribution in [0, 0.1) is 12.7 Å². The molecule has 2 rings (SSSR count). The standard InChI is InChI=1S/C14H11ClFNO2/c1-8-6-10(3-5-13(8)18)17-14(19)11-4-2-9(16)7-12(11)15/h2-7,18H,1H3,(H,17,19). The van der Waals surface area contributed by atoms with E-state index in [9.17, 15) is 14.3 Å². The summed E-state index contributed by atoms with van der Waals surface area (Å²) in [6.45, 7) is 1.72. The normalized spacial score (nSPS) is 10.3. The van der Waals surface area contributed by atoms with Crippen molar-refractivity contribution < 1.29 is 14.3 Å². The molecule has 0 atom stereocenters. The molecule has 0 spiro atoms. The Kier molecular flexibility index (Phi) is 3.71. The van der Waals surface area contributed by atoms with Crippen LogP contribution in [0.1, 0.15) is 15.9 Å². The van der Waals surface area contributed by atoms with Gasteiger partial charge in [-0.15, -0.1) is 0 Å². The van der Waals surface area contributed by atoms with Crippen LogP contribution < -0.4 is 5.32 Å². The number of benzene rings is 2. The first-order valence-electron chi connectivity index (χ1n) is 5.53. The van der Waals surface area contributed by atoms with Gasteiger partial charge in [0.25, 0.3) is 5.91 Å². The number of carbonyl (C=O) groups is 1. The second-order valence-electron chi connectivity index (χ2n) is 4.08. The highest BCUT2D eigenvalue weighted by Crippen LogP contribution is 2.22. The van der Waals surface area contributed by atoms with Gasteiger partial charge in [-0.05, 0) is 48.9 Å². The molecule has 98 valence electrons. The Bertz CT molecular complexity index is 643. The van der Waals surface area contributed by atoms with E-state index in [1.165, 1.54) is 18.2 Å². The van der Waals surface area contributed by atoms with Crippen molar-refractivity contribution in [3.05, 3.63) is 58.4 Å². The van der Waals surface area contributed by atoms with Crippen molar-refractivity contribution in [1.82, 2.24) is 0 Å². The summed E-state index contributed by atoms with van der Waals surface area (Å²) in [7, 11) is 0. The summed E-state index contributed by atoms with van der Waals surface area (Å²) in [5, 5.41) is 12.1. The molecule has 0 unspecified atom stereocenters. The molecular formula is C14H11ClFNO2. The second kappa shape index (κ2) is 5.28. The topological polar surface area (TPSA) is 49.3 Å². The summed E-state index contributed by atoms with van der Waals surface area (Å²) in [6.07, 6.45) is 0. The summed E-state index contributed by atoms with van der Waals surface area (Å²) < 4.78 is 12.9. The molecule has 0 heterocycles. The Morgan fingerprint density at radius 2 is 2.00 bits per heavy atom. The fraction of sp³-hybridized carbons (Fsp3) is 0.0714. The Balaban J connectivity index is 2.23. The zero-order chi connectivity index (χ0) is 14.0. The van der Waals surface area contributed by atoms with Gasteiger partial charge in [-0.25, -0.2) is 4.39 Å². The molecule has 0 radical (unpaired) electrons. The van der Waals surface area contributed by atoms with Crippen LogP contribution in [0.4, 0.5) is 10.1 Å². The van der Waals surface area contributed by atoms with Crippen molar-refractivity contribution in [3.8, 4) is 5.75 Å². The van der Waals surface area contributed by atoms with Gasteiger partial charge in [-0.2, -0.15) is 0 Å². The average molecular weight is 280 g/mol. The third kappa shape index (κ3) is 3.03. The molecule has 3 nitrogen and oxygen atoms in total. The number of phenols is 1. The zero-order valence-electron chi connectivity index (χ0n) is 10.1. The number of phenolic OH excluding ortho intramolecular Hbond substituents is 1. The minimum Gasteiger partial charge on any atom is -0.508 e. The van der Waals surface area contributed by atoms with Crippen LogP contribution in [-0.2, 0) is 0 Å². The third-order valence-corrected chi connectivity index (χ3v) is 2.94. The summed E-state index contributed by atoms with van der Waals surface area (Å²) in [5.41, 5.74) is 1.36. The molecule has 0 fully saturated rings. The number of amides is 1. The quantitative estimate of drug-likeness (QED) is 0.823. The van der Waals surface area contributed by atoms with Gasteiger partial charge >= 0.3 is 0 Å². The van der Waals surface area contributed by atoms with Crippen molar-refractivity contribution >= 4 is 23.2 Å². The zero-order valence-corrected chi connectivity index (χ0v) is 10.8. The highest BCUT2D eigenvalue weighted by molar-refractivity contribution is 6.34. The average Bonchev–Trinajstić information content (AvgIpc) is 2.33. The van der Waals surface area contributed by atoms with E-state index in [0.717, 1.165) is 6.07 Å². The molecule has 0 aliphatic carbocycles. The molecular weight excluding hydrogens is 269 g/mol. The lowest BCUT2D eigenvalue weighted by Gasteiger charge is -2.08. The lowest BCUT2D eigenvalue weighted by molar-refractivity contribution is 0.102. The number of halogens is 2. The minimum atomic E-state index is -0.498. The predicted octanol–water partition coefficient (Wildman–Crippen LogP) is 3.75. The molecule has 0 saturated heterocycles. The van der Waals surface area contributed by atoms with E-state index in [2.05, 4.69) is 5.32 Å². The lowest BCUT2D eigenvalue weighted by atomic mass is 10.1. The molecule has 0 aromatic heterocycles. The molecule has 5 heteroatoms. The Morgan fingerprint density at radius 1 is 1.26 bits per heavy atom. The summed E-state index contributed by atoms with van der Waals surface area (Å²) in [6, 6.07) is 8.25. The van der Waals surface area contributed by atoms with E-state index >= 15 is 0 Å². The van der Waals surface area contributed by atoms with Crippen LogP contribution in [0.15, 0.2) is 36.4 Å². The highest BCUT2D eigenvalue weighted by atomic mass is 35.5. The van der Waals surface area contributed by atoms with Crippen molar-refractivity contribution in [3.63, 3.8) is 0 Å². The number of rotatable bonds is 2. The molecule has 2 aromatic rings. The number of aryl methyl sites for hydroxylation is 1. The SMILES string of the molecule is Cc1cc(NC(=O)c2ccc(F)cc2Cl)ccc1O. The van der Waals surface area contributed by atoms with Gasteiger partial charge in [0.1, 0.15) is 11.6 Å². The van der Waals surface area contributed by atoms with Crippen LogP contribution in [0.5, 0.6) is 5.75 Å². The fourth-order valence-corrected chi connectivity index (χ4v) is 1.86. The Hall–Kier alpha value is -2.07. The van der Waals surface area contributed by atoms with Gasteiger partial charge in [0.2, 0.25) is 0 Å². The van der Waals surface area contributed by atoms with Gasteiger partial charge in [0, 0.05) is 5.69 Å². The first kappa shape index (κ1) is 13.4. The van der Waals surface area contributed by atoms with E-state index in [1.54, 1.807) is 19.1 Å². The summed E-state index contributed by atoms with van der Waals surface area (Å²) >= 11 is 5.81. The largest absolute Gasteiger partial charge is 0.508 e. The van der Waals surface area contributed by atoms with Crippen LogP contribution in [0.3, 0.4) is 0 Å². The smallest absolute Gasteiger partial charge is 0.257 e.